The molecule has 0 aliphatic carbocycles. The summed E-state index contributed by atoms with van der Waals surface area (Å²) < 4.78 is 1.06. The van der Waals surface area contributed by atoms with Gasteiger partial charge in [-0.1, -0.05) is 35.6 Å². The molecule has 1 aliphatic rings. The van der Waals surface area contributed by atoms with Gasteiger partial charge in [0.05, 0.1) is 15.1 Å². The topological polar surface area (TPSA) is 65.9 Å². The average Bonchev–Trinajstić information content (AvgIpc) is 3.25. The first kappa shape index (κ1) is 20.3. The molecule has 6 nitrogen and oxygen atoms in total. The zero-order valence-corrected chi connectivity index (χ0v) is 18.5. The van der Waals surface area contributed by atoms with Crippen LogP contribution in [-0.4, -0.2) is 33.4 Å². The second-order valence-electron chi connectivity index (χ2n) is 6.73. The number of hydrogen-bond donors (Lipinski definition) is 0. The molecule has 0 spiro atoms. The Morgan fingerprint density at radius 3 is 2.70 bits per heavy atom. The Kier molecular flexibility index (Phi) is 5.69. The Balaban J connectivity index is 1.69. The van der Waals surface area contributed by atoms with Crippen LogP contribution in [0.25, 0.3) is 10.2 Å². The molecule has 0 bridgehead atoms. The zero-order chi connectivity index (χ0) is 21.3. The molecule has 30 heavy (non-hydrogen) atoms. The number of thiazole rings is 1. The van der Waals surface area contributed by atoms with Crippen molar-refractivity contribution in [2.24, 2.45) is 4.99 Å². The van der Waals surface area contributed by atoms with Gasteiger partial charge in [0.25, 0.3) is 5.91 Å². The molecule has 1 aliphatic heterocycles. The van der Waals surface area contributed by atoms with Crippen LogP contribution in [-0.2, 0) is 9.59 Å². The molecular formula is C22H20N4O2S2. The quantitative estimate of drug-likeness (QED) is 0.535. The van der Waals surface area contributed by atoms with Crippen LogP contribution in [0, 0.1) is 6.92 Å². The molecule has 3 aromatic rings. The van der Waals surface area contributed by atoms with Gasteiger partial charge in [0.15, 0.2) is 5.17 Å². The van der Waals surface area contributed by atoms with Gasteiger partial charge in [-0.2, -0.15) is 4.99 Å². The third-order valence-electron chi connectivity index (χ3n) is 4.55. The Morgan fingerprint density at radius 1 is 1.23 bits per heavy atom. The minimum absolute atomic E-state index is 0.166. The number of aliphatic imine (C=N–C) groups is 1. The van der Waals surface area contributed by atoms with E-state index in [2.05, 4.69) is 16.0 Å². The predicted molar refractivity (Wildman–Crippen MR) is 124 cm³/mol. The van der Waals surface area contributed by atoms with E-state index in [1.165, 1.54) is 40.5 Å². The van der Waals surface area contributed by atoms with Crippen molar-refractivity contribution in [1.29, 1.82) is 0 Å². The molecule has 0 saturated carbocycles. The largest absolute Gasteiger partial charge is 0.287 e. The van der Waals surface area contributed by atoms with Crippen LogP contribution in [0.1, 0.15) is 19.4 Å². The lowest BCUT2D eigenvalue weighted by Gasteiger charge is -2.17. The molecule has 1 saturated heterocycles. The van der Waals surface area contributed by atoms with Gasteiger partial charge in [0, 0.05) is 25.4 Å². The highest BCUT2D eigenvalue weighted by Gasteiger charge is 2.33. The first-order valence-electron chi connectivity index (χ1n) is 9.48. The van der Waals surface area contributed by atoms with Crippen LogP contribution in [0.5, 0.6) is 0 Å². The average molecular weight is 437 g/mol. The minimum atomic E-state index is -0.169. The van der Waals surface area contributed by atoms with E-state index < -0.39 is 0 Å². The number of hydrogen-bond acceptors (Lipinski definition) is 6. The Labute approximate surface area is 182 Å². The first-order chi connectivity index (χ1) is 14.5. The lowest BCUT2D eigenvalue weighted by Crippen LogP contribution is -2.29. The summed E-state index contributed by atoms with van der Waals surface area (Å²) in [6, 6.07) is 15.3. The molecule has 1 fully saturated rings. The summed E-state index contributed by atoms with van der Waals surface area (Å²) in [4.78, 5) is 37.9. The van der Waals surface area contributed by atoms with Gasteiger partial charge in [0.2, 0.25) is 11.0 Å². The van der Waals surface area contributed by atoms with Crippen molar-refractivity contribution >= 4 is 61.1 Å². The lowest BCUT2D eigenvalue weighted by atomic mass is 10.2. The van der Waals surface area contributed by atoms with E-state index in [0.717, 1.165) is 10.2 Å². The molecule has 2 aromatic carbocycles. The third kappa shape index (κ3) is 4.01. The second kappa shape index (κ2) is 8.41. The number of fused-ring (bicyclic) bond motifs is 1. The number of anilines is 1. The highest BCUT2D eigenvalue weighted by molar-refractivity contribution is 8.18. The number of likely N-dealkylation sites (N-methyl/N-ethyl adjacent to an activating group) is 1. The van der Waals surface area contributed by atoms with E-state index in [0.29, 0.717) is 27.4 Å². The van der Waals surface area contributed by atoms with Crippen molar-refractivity contribution in [2.45, 2.75) is 20.8 Å². The molecule has 1 aromatic heterocycles. The number of amidine groups is 1. The summed E-state index contributed by atoms with van der Waals surface area (Å²) in [6.07, 6.45) is 1.59. The highest BCUT2D eigenvalue weighted by Crippen LogP contribution is 2.36. The summed E-state index contributed by atoms with van der Waals surface area (Å²) in [5, 5.41) is 1.18. The summed E-state index contributed by atoms with van der Waals surface area (Å²) in [5.41, 5.74) is 2.77. The molecule has 152 valence electrons. The predicted octanol–water partition coefficient (Wildman–Crippen LogP) is 5.08. The van der Waals surface area contributed by atoms with Crippen LogP contribution >= 0.6 is 23.1 Å². The zero-order valence-electron chi connectivity index (χ0n) is 16.8. The second-order valence-corrected chi connectivity index (χ2v) is 8.75. The maximum absolute atomic E-state index is 12.9. The van der Waals surface area contributed by atoms with Crippen molar-refractivity contribution < 1.29 is 9.59 Å². The van der Waals surface area contributed by atoms with Crippen LogP contribution < -0.4 is 4.90 Å². The van der Waals surface area contributed by atoms with Crippen LogP contribution in [0.15, 0.2) is 64.6 Å². The lowest BCUT2D eigenvalue weighted by molar-refractivity contribution is -0.122. The minimum Gasteiger partial charge on any atom is -0.287 e. The molecule has 8 heteroatoms. The van der Waals surface area contributed by atoms with Gasteiger partial charge in [-0.3, -0.25) is 19.4 Å². The Hall–Kier alpha value is -2.97. The first-order valence-corrected chi connectivity index (χ1v) is 11.1. The summed E-state index contributed by atoms with van der Waals surface area (Å²) in [6.45, 7) is 5.90. The van der Waals surface area contributed by atoms with Gasteiger partial charge >= 0.3 is 0 Å². The SMILES string of the molecule is CCN1C(=O)/C(=C\N(C(C)=O)c2ccccc2)S/C1=N\c1nc2ccc(C)cc2s1. The molecule has 0 unspecified atom stereocenters. The van der Waals surface area contributed by atoms with Crippen molar-refractivity contribution in [1.82, 2.24) is 9.88 Å². The number of thioether (sulfide) groups is 1. The fourth-order valence-corrected chi connectivity index (χ4v) is 5.06. The number of rotatable bonds is 4. The van der Waals surface area contributed by atoms with Crippen molar-refractivity contribution in [3.8, 4) is 0 Å². The van der Waals surface area contributed by atoms with Gasteiger partial charge in [-0.25, -0.2) is 4.98 Å². The third-order valence-corrected chi connectivity index (χ3v) is 6.45. The maximum Gasteiger partial charge on any atom is 0.268 e. The van der Waals surface area contributed by atoms with Gasteiger partial charge in [-0.05, 0) is 55.4 Å². The number of amides is 2. The van der Waals surface area contributed by atoms with Crippen LogP contribution in [0.3, 0.4) is 0 Å². The van der Waals surface area contributed by atoms with Crippen LogP contribution in [0.2, 0.25) is 0 Å². The number of carbonyl (C=O) groups excluding carboxylic acids is 2. The van der Waals surface area contributed by atoms with Crippen LogP contribution in [0.4, 0.5) is 10.8 Å². The van der Waals surface area contributed by atoms with Crippen molar-refractivity contribution in [3.63, 3.8) is 0 Å². The van der Waals surface area contributed by atoms with E-state index in [9.17, 15) is 9.59 Å². The fourth-order valence-electron chi connectivity index (χ4n) is 3.06. The summed E-state index contributed by atoms with van der Waals surface area (Å²) >= 11 is 2.76. The van der Waals surface area contributed by atoms with Crippen molar-refractivity contribution in [2.75, 3.05) is 11.4 Å². The molecule has 0 radical (unpaired) electrons. The van der Waals surface area contributed by atoms with Gasteiger partial charge in [0.1, 0.15) is 0 Å². The monoisotopic (exact) mass is 436 g/mol. The van der Waals surface area contributed by atoms with E-state index in [1.54, 1.807) is 11.1 Å². The summed E-state index contributed by atoms with van der Waals surface area (Å²) in [5.74, 6) is -0.336. The molecule has 0 atom stereocenters. The molecule has 0 N–H and O–H groups in total. The molecule has 2 heterocycles. The normalized spacial score (nSPS) is 16.8. The van der Waals surface area contributed by atoms with Gasteiger partial charge in [-0.15, -0.1) is 0 Å². The summed E-state index contributed by atoms with van der Waals surface area (Å²) in [7, 11) is 0. The number of nitrogens with zero attached hydrogens (tertiary/aromatic N) is 4. The Bertz CT molecular complexity index is 1180. The number of benzene rings is 2. The molecule has 2 amide bonds. The fraction of sp³-hybridized carbons (Fsp3) is 0.182. The number of aromatic nitrogens is 1. The number of aryl methyl sites for hydroxylation is 1. The number of para-hydroxylation sites is 1. The smallest absolute Gasteiger partial charge is 0.268 e. The van der Waals surface area contributed by atoms with E-state index in [1.807, 2.05) is 56.3 Å². The van der Waals surface area contributed by atoms with Crippen molar-refractivity contribution in [3.05, 3.63) is 65.2 Å². The van der Waals surface area contributed by atoms with E-state index in [4.69, 9.17) is 0 Å². The number of carbonyl (C=O) groups is 2. The van der Waals surface area contributed by atoms with E-state index in [-0.39, 0.29) is 11.8 Å². The Morgan fingerprint density at radius 2 is 2.00 bits per heavy atom. The molecule has 4 rings (SSSR count). The van der Waals surface area contributed by atoms with E-state index >= 15 is 0 Å². The van der Waals surface area contributed by atoms with Gasteiger partial charge < -0.3 is 0 Å². The highest BCUT2D eigenvalue weighted by atomic mass is 32.2. The maximum atomic E-state index is 12.9. The standard InChI is InChI=1S/C22H20N4O2S2/c1-4-25-20(28)19(13-26(15(3)27)16-8-6-5-7-9-16)30-22(25)24-21-23-17-11-10-14(2)12-18(17)29-21/h5-13H,4H2,1-3H3/b19-13+,24-22-. The molecular weight excluding hydrogens is 416 g/mol.